The highest BCUT2D eigenvalue weighted by Crippen LogP contribution is 2.33. The molecule has 0 aromatic carbocycles. The Bertz CT molecular complexity index is 853. The number of carbonyl (C=O) groups excluding carboxylic acids is 2. The molecule has 0 aliphatic carbocycles. The molecule has 0 aromatic heterocycles. The Balaban J connectivity index is 2.01. The Hall–Kier alpha value is -1.58. The number of ether oxygens (including phenoxy) is 6. The van der Waals surface area contributed by atoms with Crippen molar-refractivity contribution in [2.75, 3.05) is 20.3 Å². The normalized spacial score (nSPS) is 46.0. The fourth-order valence-corrected chi connectivity index (χ4v) is 4.99. The van der Waals surface area contributed by atoms with E-state index in [1.807, 2.05) is 0 Å². The molecule has 0 radical (unpaired) electrons. The van der Waals surface area contributed by atoms with Crippen LogP contribution in [0.2, 0.25) is 0 Å². The molecule has 3 aliphatic heterocycles. The minimum Gasteiger partial charge on any atom is -0.394 e. The lowest BCUT2D eigenvalue weighted by atomic mass is 9.94. The third kappa shape index (κ3) is 7.06. The number of methoxy groups -OCH3 is 1. The van der Waals surface area contributed by atoms with Crippen LogP contribution in [0.1, 0.15) is 20.8 Å². The second-order valence-corrected chi connectivity index (χ2v) is 10.0. The van der Waals surface area contributed by atoms with Gasteiger partial charge in [-0.15, -0.1) is 0 Å². The van der Waals surface area contributed by atoms with Crippen molar-refractivity contribution in [1.29, 1.82) is 0 Å². The van der Waals surface area contributed by atoms with Gasteiger partial charge in [-0.2, -0.15) is 0 Å². The molecule has 3 aliphatic rings. The first-order valence-electron chi connectivity index (χ1n) is 12.8. The van der Waals surface area contributed by atoms with Crippen molar-refractivity contribution >= 4 is 11.8 Å². The quantitative estimate of drug-likeness (QED) is 0.122. The Kier molecular flexibility index (Phi) is 11.6. The average molecular weight is 585 g/mol. The molecule has 3 fully saturated rings. The predicted octanol–water partition coefficient (Wildman–Crippen LogP) is -5.60. The van der Waals surface area contributed by atoms with Crippen LogP contribution in [0, 0.1) is 0 Å². The molecule has 40 heavy (non-hydrogen) atoms. The molecular formula is C23H40N2O15. The van der Waals surface area contributed by atoms with Crippen molar-refractivity contribution in [1.82, 2.24) is 10.6 Å². The van der Waals surface area contributed by atoms with Crippen LogP contribution in [0.4, 0.5) is 0 Å². The Labute approximate surface area is 229 Å². The molecule has 17 heteroatoms. The van der Waals surface area contributed by atoms with Gasteiger partial charge in [0.25, 0.3) is 0 Å². The van der Waals surface area contributed by atoms with Crippen molar-refractivity contribution in [3.05, 3.63) is 0 Å². The summed E-state index contributed by atoms with van der Waals surface area (Å²) in [4.78, 5) is 24.0. The van der Waals surface area contributed by atoms with Crippen LogP contribution >= 0.6 is 0 Å². The number of aliphatic hydroxyl groups excluding tert-OH is 7. The SMILES string of the molecule is CO[C@@H]1O[C@H](CO)[C@@H](O[C@@H]2O[C@H](CO)[C@@H](O)[C@H](O)[C@H]2NC(C)=O)[C@H](O[C@@H]2O[C@@H](C)[C@@H](O)[C@@H](O)[C@@H]2O)[C@H]1NC(C)=O. The van der Waals surface area contributed by atoms with Crippen molar-refractivity contribution in [3.63, 3.8) is 0 Å². The van der Waals surface area contributed by atoms with Crippen LogP contribution in [0.5, 0.6) is 0 Å². The maximum absolute atomic E-state index is 12.1. The van der Waals surface area contributed by atoms with Gasteiger partial charge in [-0.25, -0.2) is 0 Å². The van der Waals surface area contributed by atoms with Gasteiger partial charge in [-0.05, 0) is 6.92 Å². The van der Waals surface area contributed by atoms with Crippen LogP contribution in [0.3, 0.4) is 0 Å². The summed E-state index contributed by atoms with van der Waals surface area (Å²) in [7, 11) is 1.26. The number of nitrogens with one attached hydrogen (secondary N) is 2. The lowest BCUT2D eigenvalue weighted by molar-refractivity contribution is -0.364. The van der Waals surface area contributed by atoms with Gasteiger partial charge in [0.15, 0.2) is 18.9 Å². The van der Waals surface area contributed by atoms with E-state index in [1.165, 1.54) is 21.0 Å². The summed E-state index contributed by atoms with van der Waals surface area (Å²) >= 11 is 0. The molecule has 3 heterocycles. The van der Waals surface area contributed by atoms with E-state index in [9.17, 15) is 45.3 Å². The number of aliphatic hydroxyl groups is 7. The fourth-order valence-electron chi connectivity index (χ4n) is 4.99. The Morgan fingerprint density at radius 1 is 0.675 bits per heavy atom. The highest BCUT2D eigenvalue weighted by atomic mass is 16.8. The zero-order valence-electron chi connectivity index (χ0n) is 22.5. The molecule has 0 aromatic rings. The average Bonchev–Trinajstić information content (AvgIpc) is 2.91. The molecule has 0 saturated carbocycles. The summed E-state index contributed by atoms with van der Waals surface area (Å²) in [5, 5.41) is 76.8. The fraction of sp³-hybridized carbons (Fsp3) is 0.913. The van der Waals surface area contributed by atoms with Crippen LogP contribution in [0.25, 0.3) is 0 Å². The second kappa shape index (κ2) is 14.1. The lowest BCUT2D eigenvalue weighted by Crippen LogP contribution is -2.70. The zero-order valence-corrected chi connectivity index (χ0v) is 22.5. The third-order valence-corrected chi connectivity index (χ3v) is 7.07. The summed E-state index contributed by atoms with van der Waals surface area (Å²) in [5.74, 6) is -1.17. The van der Waals surface area contributed by atoms with Gasteiger partial charge in [0.1, 0.15) is 67.0 Å². The molecule has 9 N–H and O–H groups in total. The summed E-state index contributed by atoms with van der Waals surface area (Å²) in [5.41, 5.74) is 0. The smallest absolute Gasteiger partial charge is 0.217 e. The monoisotopic (exact) mass is 584 g/mol. The molecule has 2 amide bonds. The van der Waals surface area contributed by atoms with Crippen LogP contribution < -0.4 is 10.6 Å². The van der Waals surface area contributed by atoms with Gasteiger partial charge in [0, 0.05) is 21.0 Å². The van der Waals surface area contributed by atoms with Gasteiger partial charge in [0.2, 0.25) is 11.8 Å². The highest BCUT2D eigenvalue weighted by Gasteiger charge is 2.54. The van der Waals surface area contributed by atoms with Crippen molar-refractivity contribution in [3.8, 4) is 0 Å². The van der Waals surface area contributed by atoms with Gasteiger partial charge < -0.3 is 74.8 Å². The van der Waals surface area contributed by atoms with E-state index in [0.29, 0.717) is 0 Å². The molecule has 0 spiro atoms. The maximum atomic E-state index is 12.1. The van der Waals surface area contributed by atoms with Crippen LogP contribution in [-0.4, -0.2) is 160 Å². The summed E-state index contributed by atoms with van der Waals surface area (Å²) in [6, 6.07) is -2.56. The van der Waals surface area contributed by atoms with Gasteiger partial charge in [-0.1, -0.05) is 0 Å². The minimum atomic E-state index is -1.75. The van der Waals surface area contributed by atoms with Gasteiger partial charge in [0.05, 0.1) is 19.3 Å². The minimum absolute atomic E-state index is 0.552. The van der Waals surface area contributed by atoms with Crippen molar-refractivity contribution in [2.45, 2.75) is 113 Å². The van der Waals surface area contributed by atoms with Crippen LogP contribution in [0.15, 0.2) is 0 Å². The number of carbonyl (C=O) groups is 2. The molecule has 0 unspecified atom stereocenters. The molecule has 232 valence electrons. The largest absolute Gasteiger partial charge is 0.394 e. The lowest BCUT2D eigenvalue weighted by Gasteiger charge is -2.50. The van der Waals surface area contributed by atoms with Gasteiger partial charge >= 0.3 is 0 Å². The number of amides is 2. The molecule has 17 nitrogen and oxygen atoms in total. The van der Waals surface area contributed by atoms with E-state index < -0.39 is 117 Å². The van der Waals surface area contributed by atoms with E-state index in [2.05, 4.69) is 10.6 Å². The number of rotatable bonds is 9. The number of hydrogen-bond donors (Lipinski definition) is 9. The summed E-state index contributed by atoms with van der Waals surface area (Å²) in [6.45, 7) is 2.36. The number of hydrogen-bond acceptors (Lipinski definition) is 15. The van der Waals surface area contributed by atoms with Gasteiger partial charge in [-0.3, -0.25) is 9.59 Å². The van der Waals surface area contributed by atoms with E-state index >= 15 is 0 Å². The van der Waals surface area contributed by atoms with E-state index in [1.54, 1.807) is 0 Å². The zero-order chi connectivity index (χ0) is 29.9. The first kappa shape index (κ1) is 32.9. The summed E-state index contributed by atoms with van der Waals surface area (Å²) in [6.07, 6.45) is -18.8. The Morgan fingerprint density at radius 3 is 1.77 bits per heavy atom. The van der Waals surface area contributed by atoms with Crippen molar-refractivity contribution in [2.24, 2.45) is 0 Å². The first-order chi connectivity index (χ1) is 18.8. The standard InChI is InChI=1S/C23H40N2O15/c1-7-14(30)17(33)18(34)23(36-7)40-20-13(25-9(3)29)21(35-4)38-11(6-27)19(20)39-22-12(24-8(2)28)16(32)15(31)10(5-26)37-22/h7,10-23,26-27,30-34H,5-6H2,1-4H3,(H,24,28)(H,25,29)/t7-,10+,11+,12+,13+,14+,15+,16+,17+,18-,19+,20+,21+,22-,23-/m0/s1. The molecule has 0 bridgehead atoms. The first-order valence-corrected chi connectivity index (χ1v) is 12.8. The molecule has 3 rings (SSSR count). The van der Waals surface area contributed by atoms with Crippen LogP contribution in [-0.2, 0) is 38.0 Å². The third-order valence-electron chi connectivity index (χ3n) is 7.07. The molecule has 15 atom stereocenters. The van der Waals surface area contributed by atoms with E-state index in [4.69, 9.17) is 28.4 Å². The topological polar surface area (TPSA) is 255 Å². The maximum Gasteiger partial charge on any atom is 0.217 e. The van der Waals surface area contributed by atoms with E-state index in [0.717, 1.165) is 6.92 Å². The molecule has 3 saturated heterocycles. The van der Waals surface area contributed by atoms with Crippen molar-refractivity contribution < 1.29 is 73.8 Å². The molecular weight excluding hydrogens is 544 g/mol. The second-order valence-electron chi connectivity index (χ2n) is 10.0. The Morgan fingerprint density at radius 2 is 1.23 bits per heavy atom. The highest BCUT2D eigenvalue weighted by molar-refractivity contribution is 5.73. The van der Waals surface area contributed by atoms with E-state index in [-0.39, 0.29) is 0 Å². The predicted molar refractivity (Wildman–Crippen MR) is 128 cm³/mol. The summed E-state index contributed by atoms with van der Waals surface area (Å²) < 4.78 is 34.5.